The second kappa shape index (κ2) is 14.5. The van der Waals surface area contributed by atoms with Gasteiger partial charge in [0.15, 0.2) is 28.9 Å². The van der Waals surface area contributed by atoms with E-state index in [4.69, 9.17) is 18.9 Å². The highest BCUT2D eigenvalue weighted by Gasteiger charge is 2.26. The SMILES string of the molecule is COc1ccccc1Oc1c(NS(=O)(=O)c2ccc(C(C)(C)C)cc2)nc(-c2ncccn2)nc1OCCOc1ccc(C(C)=O)cc1. The molecule has 0 fully saturated rings. The molecule has 48 heavy (non-hydrogen) atoms. The molecule has 0 unspecified atom stereocenters. The van der Waals surface area contributed by atoms with Crippen molar-refractivity contribution in [3.8, 4) is 40.5 Å². The zero-order valence-corrected chi connectivity index (χ0v) is 27.9. The van der Waals surface area contributed by atoms with Gasteiger partial charge in [-0.05, 0) is 72.5 Å². The second-order valence-electron chi connectivity index (χ2n) is 11.5. The lowest BCUT2D eigenvalue weighted by molar-refractivity contribution is 0.101. The topological polar surface area (TPSA) is 152 Å². The molecule has 1 N–H and O–H groups in total. The smallest absolute Gasteiger partial charge is 0.264 e. The Morgan fingerprint density at radius 1 is 0.792 bits per heavy atom. The molecule has 0 saturated carbocycles. The molecule has 0 atom stereocenters. The molecule has 2 aromatic heterocycles. The molecule has 0 amide bonds. The highest BCUT2D eigenvalue weighted by Crippen LogP contribution is 2.41. The Kier molecular flexibility index (Phi) is 10.2. The minimum absolute atomic E-state index is 0.0144. The maximum atomic E-state index is 13.8. The molecule has 0 bridgehead atoms. The zero-order chi connectivity index (χ0) is 34.3. The number of hydrogen-bond acceptors (Lipinski definition) is 11. The van der Waals surface area contributed by atoms with Crippen molar-refractivity contribution in [3.63, 3.8) is 0 Å². The molecule has 0 aliphatic carbocycles. The number of para-hydroxylation sites is 2. The molecule has 2 heterocycles. The van der Waals surface area contributed by atoms with Gasteiger partial charge in [0.25, 0.3) is 15.9 Å². The van der Waals surface area contributed by atoms with Crippen LogP contribution in [0.3, 0.4) is 0 Å². The number of carbonyl (C=O) groups is 1. The summed E-state index contributed by atoms with van der Waals surface area (Å²) >= 11 is 0. The zero-order valence-electron chi connectivity index (χ0n) is 27.1. The number of Topliss-reactive ketones (excluding diaryl/α,β-unsaturated/α-hetero) is 1. The minimum Gasteiger partial charge on any atom is -0.493 e. The number of ether oxygens (including phenoxy) is 4. The van der Waals surface area contributed by atoms with Crippen LogP contribution in [0.25, 0.3) is 11.6 Å². The molecular formula is C35H35N5O7S. The highest BCUT2D eigenvalue weighted by molar-refractivity contribution is 7.92. The third-order valence-electron chi connectivity index (χ3n) is 6.99. The normalized spacial score (nSPS) is 11.4. The van der Waals surface area contributed by atoms with Crippen molar-refractivity contribution in [3.05, 3.63) is 102 Å². The first-order valence-electron chi connectivity index (χ1n) is 14.9. The number of nitrogens with zero attached hydrogens (tertiary/aromatic N) is 4. The number of rotatable bonds is 13. The summed E-state index contributed by atoms with van der Waals surface area (Å²) in [5, 5.41) is 0. The van der Waals surface area contributed by atoms with Gasteiger partial charge >= 0.3 is 0 Å². The molecule has 0 spiro atoms. The van der Waals surface area contributed by atoms with Crippen LogP contribution in [-0.2, 0) is 15.4 Å². The van der Waals surface area contributed by atoms with Crippen LogP contribution < -0.4 is 23.7 Å². The molecule has 0 aliphatic rings. The fourth-order valence-corrected chi connectivity index (χ4v) is 5.43. The Morgan fingerprint density at radius 2 is 1.44 bits per heavy atom. The number of aromatic nitrogens is 4. The third kappa shape index (κ3) is 8.23. The van der Waals surface area contributed by atoms with Gasteiger partial charge in [0.2, 0.25) is 11.6 Å². The molecule has 12 nitrogen and oxygen atoms in total. The predicted molar refractivity (Wildman–Crippen MR) is 180 cm³/mol. The lowest BCUT2D eigenvalue weighted by atomic mass is 9.87. The van der Waals surface area contributed by atoms with Crippen molar-refractivity contribution >= 4 is 21.6 Å². The molecule has 5 aromatic rings. The number of nitrogens with one attached hydrogen (secondary N) is 1. The van der Waals surface area contributed by atoms with Gasteiger partial charge in [0, 0.05) is 18.0 Å². The fraction of sp³-hybridized carbons (Fsp3) is 0.229. The first-order valence-corrected chi connectivity index (χ1v) is 16.4. The van der Waals surface area contributed by atoms with E-state index in [-0.39, 0.29) is 64.2 Å². The van der Waals surface area contributed by atoms with Crippen LogP contribution in [0, 0.1) is 0 Å². The molecule has 248 valence electrons. The summed E-state index contributed by atoms with van der Waals surface area (Å²) in [4.78, 5) is 29.1. The Labute approximate surface area is 279 Å². The van der Waals surface area contributed by atoms with Crippen LogP contribution >= 0.6 is 0 Å². The van der Waals surface area contributed by atoms with E-state index in [9.17, 15) is 13.2 Å². The van der Waals surface area contributed by atoms with E-state index in [1.165, 1.54) is 38.6 Å². The number of ketones is 1. The van der Waals surface area contributed by atoms with Crippen molar-refractivity contribution in [2.45, 2.75) is 38.0 Å². The van der Waals surface area contributed by atoms with Crippen molar-refractivity contribution < 1.29 is 32.2 Å². The fourth-order valence-electron chi connectivity index (χ4n) is 4.42. The summed E-state index contributed by atoms with van der Waals surface area (Å²) < 4.78 is 53.6. The quantitative estimate of drug-likeness (QED) is 0.108. The predicted octanol–water partition coefficient (Wildman–Crippen LogP) is 6.49. The van der Waals surface area contributed by atoms with Gasteiger partial charge < -0.3 is 18.9 Å². The average Bonchev–Trinajstić information content (AvgIpc) is 3.08. The summed E-state index contributed by atoms with van der Waals surface area (Å²) in [7, 11) is -2.71. The summed E-state index contributed by atoms with van der Waals surface area (Å²) in [5.41, 5.74) is 1.37. The van der Waals surface area contributed by atoms with Gasteiger partial charge in [-0.1, -0.05) is 45.0 Å². The maximum Gasteiger partial charge on any atom is 0.264 e. The monoisotopic (exact) mass is 669 g/mol. The standard InChI is InChI=1S/C35H35N5O7S/c1-23(41)24-11-15-26(16-12-24)45-21-22-46-34-30(47-29-10-7-6-9-28(29)44-5)31(38-33(39-34)32-36-19-8-20-37-32)40-48(42,43)27-17-13-25(14-18-27)35(2,3)4/h6-20H,21-22H2,1-5H3,(H,38,39,40). The molecule has 0 aliphatic heterocycles. The Morgan fingerprint density at radius 3 is 2.06 bits per heavy atom. The maximum absolute atomic E-state index is 13.8. The molecule has 5 rings (SSSR count). The van der Waals surface area contributed by atoms with Crippen LogP contribution in [0.5, 0.6) is 28.9 Å². The Hall–Kier alpha value is -5.56. The molecular weight excluding hydrogens is 634 g/mol. The molecule has 3 aromatic carbocycles. The van der Waals surface area contributed by atoms with E-state index in [1.54, 1.807) is 66.7 Å². The first kappa shape index (κ1) is 33.8. The Bertz CT molecular complexity index is 1980. The lowest BCUT2D eigenvalue weighted by Gasteiger charge is -2.20. The van der Waals surface area contributed by atoms with Gasteiger partial charge in [-0.2, -0.15) is 4.98 Å². The number of sulfonamides is 1. The highest BCUT2D eigenvalue weighted by atomic mass is 32.2. The van der Waals surface area contributed by atoms with Crippen LogP contribution in [0.15, 0.2) is 96.2 Å². The van der Waals surface area contributed by atoms with Crippen molar-refractivity contribution in [1.82, 2.24) is 19.9 Å². The first-order chi connectivity index (χ1) is 22.9. The summed E-state index contributed by atoms with van der Waals surface area (Å²) in [6.45, 7) is 7.67. The van der Waals surface area contributed by atoms with Gasteiger partial charge in [0.1, 0.15) is 19.0 Å². The van der Waals surface area contributed by atoms with Crippen molar-refractivity contribution in [2.24, 2.45) is 0 Å². The lowest BCUT2D eigenvalue weighted by Crippen LogP contribution is -2.18. The second-order valence-corrected chi connectivity index (χ2v) is 13.2. The van der Waals surface area contributed by atoms with E-state index >= 15 is 0 Å². The number of methoxy groups -OCH3 is 1. The molecule has 0 radical (unpaired) electrons. The van der Waals surface area contributed by atoms with Gasteiger partial charge in [-0.25, -0.2) is 23.4 Å². The summed E-state index contributed by atoms with van der Waals surface area (Å²) in [6.07, 6.45) is 3.02. The third-order valence-corrected chi connectivity index (χ3v) is 8.35. The van der Waals surface area contributed by atoms with Gasteiger partial charge in [-0.3, -0.25) is 9.52 Å². The van der Waals surface area contributed by atoms with Crippen LogP contribution in [0.1, 0.15) is 43.6 Å². The minimum atomic E-state index is -4.19. The van der Waals surface area contributed by atoms with Crippen molar-refractivity contribution in [2.75, 3.05) is 25.0 Å². The van der Waals surface area contributed by atoms with Crippen LogP contribution in [0.2, 0.25) is 0 Å². The van der Waals surface area contributed by atoms with E-state index in [0.717, 1.165) is 5.56 Å². The van der Waals surface area contributed by atoms with E-state index in [0.29, 0.717) is 17.1 Å². The van der Waals surface area contributed by atoms with E-state index < -0.39 is 10.0 Å². The molecule has 0 saturated heterocycles. The number of benzene rings is 3. The van der Waals surface area contributed by atoms with E-state index in [2.05, 4.69) is 24.7 Å². The average molecular weight is 670 g/mol. The van der Waals surface area contributed by atoms with Crippen molar-refractivity contribution in [1.29, 1.82) is 0 Å². The summed E-state index contributed by atoms with van der Waals surface area (Å²) in [5.74, 6) is 0.784. The summed E-state index contributed by atoms with van der Waals surface area (Å²) in [6, 6.07) is 21.8. The van der Waals surface area contributed by atoms with Gasteiger partial charge in [0.05, 0.1) is 12.0 Å². The number of carbonyl (C=O) groups excluding carboxylic acids is 1. The number of hydrogen-bond donors (Lipinski definition) is 1. The van der Waals surface area contributed by atoms with Crippen LogP contribution in [0.4, 0.5) is 5.82 Å². The number of anilines is 1. The van der Waals surface area contributed by atoms with Crippen LogP contribution in [-0.4, -0.2) is 54.5 Å². The molecule has 13 heteroatoms. The largest absolute Gasteiger partial charge is 0.493 e. The van der Waals surface area contributed by atoms with E-state index in [1.807, 2.05) is 20.8 Å². The Balaban J connectivity index is 1.53. The van der Waals surface area contributed by atoms with Gasteiger partial charge in [-0.15, -0.1) is 0 Å².